The van der Waals surface area contributed by atoms with E-state index in [4.69, 9.17) is 7.15 Å². The van der Waals surface area contributed by atoms with Crippen molar-refractivity contribution in [1.29, 1.82) is 5.40 Å². The SMILES string of the molecule is [H]/N=C(\N)NN=Cc1c(I)cccc1I. The van der Waals surface area contributed by atoms with Crippen LogP contribution in [-0.2, 0) is 0 Å². The van der Waals surface area contributed by atoms with Crippen LogP contribution >= 0.6 is 45.2 Å². The molecule has 1 rings (SSSR count). The van der Waals surface area contributed by atoms with Crippen molar-refractivity contribution in [3.8, 4) is 0 Å². The van der Waals surface area contributed by atoms with Gasteiger partial charge in [0.1, 0.15) is 0 Å². The van der Waals surface area contributed by atoms with Crippen LogP contribution in [0.15, 0.2) is 23.3 Å². The average molecular weight is 414 g/mol. The summed E-state index contributed by atoms with van der Waals surface area (Å²) in [6.07, 6.45) is 1.65. The number of nitrogens with zero attached hydrogens (tertiary/aromatic N) is 1. The summed E-state index contributed by atoms with van der Waals surface area (Å²) in [5.41, 5.74) is 8.70. The number of hydrogen-bond acceptors (Lipinski definition) is 2. The Balaban J connectivity index is 2.80. The predicted octanol–water partition coefficient (Wildman–Crippen LogP) is 1.71. The molecule has 4 nitrogen and oxygen atoms in total. The van der Waals surface area contributed by atoms with Gasteiger partial charge in [-0.05, 0) is 57.3 Å². The van der Waals surface area contributed by atoms with Crippen molar-refractivity contribution in [1.82, 2.24) is 5.43 Å². The number of rotatable bonds is 2. The van der Waals surface area contributed by atoms with Crippen molar-refractivity contribution in [2.75, 3.05) is 0 Å². The van der Waals surface area contributed by atoms with Gasteiger partial charge in [0.15, 0.2) is 1.41 Å². The van der Waals surface area contributed by atoms with Crippen LogP contribution in [0.2, 0.25) is 1.41 Å². The monoisotopic (exact) mass is 414 g/mol. The van der Waals surface area contributed by atoms with Crippen molar-refractivity contribution in [3.05, 3.63) is 30.9 Å². The molecule has 0 bridgehead atoms. The molecular formula is C8H8I2N4. The Bertz CT molecular complexity index is 385. The number of nitrogens with two attached hydrogens (primary N) is 1. The third-order valence-corrected chi connectivity index (χ3v) is 3.25. The molecule has 0 amide bonds. The third-order valence-electron chi connectivity index (χ3n) is 1.37. The van der Waals surface area contributed by atoms with Crippen molar-refractivity contribution in [3.63, 3.8) is 0 Å². The first-order valence-corrected chi connectivity index (χ1v) is 5.81. The van der Waals surface area contributed by atoms with Crippen LogP contribution in [0.4, 0.5) is 0 Å². The van der Waals surface area contributed by atoms with Gasteiger partial charge in [0.25, 0.3) is 0 Å². The van der Waals surface area contributed by atoms with E-state index in [1.54, 1.807) is 6.21 Å². The molecule has 74 valence electrons. The van der Waals surface area contributed by atoms with Gasteiger partial charge in [0, 0.05) is 12.7 Å². The zero-order valence-electron chi connectivity index (χ0n) is 8.04. The molecule has 0 unspecified atom stereocenters. The van der Waals surface area contributed by atoms with Gasteiger partial charge in [-0.25, -0.2) is 5.43 Å². The Morgan fingerprint density at radius 2 is 2.21 bits per heavy atom. The molecule has 0 saturated carbocycles. The maximum Gasteiger partial charge on any atom is 0.206 e. The van der Waals surface area contributed by atoms with Gasteiger partial charge in [-0.15, -0.1) is 0 Å². The fourth-order valence-electron chi connectivity index (χ4n) is 0.797. The van der Waals surface area contributed by atoms with Crippen molar-refractivity contribution >= 4 is 57.4 Å². The van der Waals surface area contributed by atoms with E-state index in [-0.39, 0.29) is 5.96 Å². The van der Waals surface area contributed by atoms with E-state index < -0.39 is 0 Å². The maximum absolute atomic E-state index is 6.60. The molecule has 0 aliphatic heterocycles. The van der Waals surface area contributed by atoms with E-state index in [9.17, 15) is 0 Å². The van der Waals surface area contributed by atoms with Gasteiger partial charge < -0.3 is 5.73 Å². The maximum atomic E-state index is 6.60. The fraction of sp³-hybridized carbons (Fsp3) is 0. The van der Waals surface area contributed by atoms with Gasteiger partial charge in [0.05, 0.1) is 6.21 Å². The van der Waals surface area contributed by atoms with Crippen LogP contribution in [-0.4, -0.2) is 12.2 Å². The molecule has 1 aromatic carbocycles. The Hall–Kier alpha value is -0.380. The quantitative estimate of drug-likeness (QED) is 0.299. The van der Waals surface area contributed by atoms with Crippen molar-refractivity contribution < 1.29 is 1.41 Å². The van der Waals surface area contributed by atoms with Crippen LogP contribution in [0.5, 0.6) is 0 Å². The van der Waals surface area contributed by atoms with Crippen LogP contribution < -0.4 is 11.2 Å². The van der Waals surface area contributed by atoms with Crippen LogP contribution in [0.1, 0.15) is 5.56 Å². The molecule has 0 atom stereocenters. The Morgan fingerprint density at radius 3 is 2.79 bits per heavy atom. The second kappa shape index (κ2) is 5.49. The number of benzene rings is 1. The average Bonchev–Trinajstić information content (AvgIpc) is 2.22. The Labute approximate surface area is 111 Å². The number of hydrogen-bond donors (Lipinski definition) is 3. The smallest absolute Gasteiger partial charge is 0.206 e. The summed E-state index contributed by atoms with van der Waals surface area (Å²) in [7, 11) is 0. The predicted molar refractivity (Wildman–Crippen MR) is 74.5 cm³/mol. The Kier molecular flexibility index (Phi) is 3.98. The first kappa shape index (κ1) is 10.1. The standard InChI is InChI=1S/C8H8I2N4/c9-6-2-1-3-7(10)5(6)4-13-14-8(11)12/h1-4H,(H4,11,12,14). The molecule has 0 heterocycles. The van der Waals surface area contributed by atoms with E-state index in [0.29, 0.717) is 0 Å². The molecule has 1 aromatic rings. The van der Waals surface area contributed by atoms with Crippen LogP contribution in [0, 0.1) is 12.5 Å². The lowest BCUT2D eigenvalue weighted by molar-refractivity contribution is 1.00. The van der Waals surface area contributed by atoms with Gasteiger partial charge in [-0.3, -0.25) is 5.40 Å². The molecule has 0 aromatic heterocycles. The van der Waals surface area contributed by atoms with E-state index in [0.717, 1.165) is 12.7 Å². The summed E-state index contributed by atoms with van der Waals surface area (Å²) in [5.74, 6) is -0.0350. The summed E-state index contributed by atoms with van der Waals surface area (Å²) in [6.45, 7) is 0. The summed E-state index contributed by atoms with van der Waals surface area (Å²) < 4.78 is 8.81. The van der Waals surface area contributed by atoms with E-state index in [1.807, 2.05) is 18.2 Å². The van der Waals surface area contributed by atoms with Crippen LogP contribution in [0.25, 0.3) is 0 Å². The zero-order valence-corrected chi connectivity index (χ0v) is 11.4. The van der Waals surface area contributed by atoms with Gasteiger partial charge in [-0.2, -0.15) is 5.10 Å². The summed E-state index contributed by atoms with van der Waals surface area (Å²) in [5, 5.41) is 6.85. The molecule has 0 fully saturated rings. The summed E-state index contributed by atoms with van der Waals surface area (Å²) in [4.78, 5) is 0. The molecule has 0 aliphatic carbocycles. The molecule has 4 N–H and O–H groups in total. The zero-order chi connectivity index (χ0) is 11.3. The minimum atomic E-state index is -0.0350. The molecule has 0 aliphatic rings. The minimum Gasteiger partial charge on any atom is -0.369 e. The lowest BCUT2D eigenvalue weighted by Gasteiger charge is -2.00. The Morgan fingerprint density at radius 1 is 1.57 bits per heavy atom. The van der Waals surface area contributed by atoms with Gasteiger partial charge in [0.2, 0.25) is 5.96 Å². The molecule has 0 radical (unpaired) electrons. The topological polar surface area (TPSA) is 74.3 Å². The number of guanidine groups is 1. The number of nitrogens with one attached hydrogen (secondary N) is 2. The molecular weight excluding hydrogens is 406 g/mol. The van der Waals surface area contributed by atoms with Gasteiger partial charge >= 0.3 is 0 Å². The highest BCUT2D eigenvalue weighted by Crippen LogP contribution is 2.16. The highest BCUT2D eigenvalue weighted by atomic mass is 127. The van der Waals surface area contributed by atoms with Gasteiger partial charge in [-0.1, -0.05) is 6.07 Å². The largest absolute Gasteiger partial charge is 0.369 e. The summed E-state index contributed by atoms with van der Waals surface area (Å²) in [6, 6.07) is 5.96. The first-order valence-electron chi connectivity index (χ1n) is 4.10. The van der Waals surface area contributed by atoms with E-state index >= 15 is 0 Å². The van der Waals surface area contributed by atoms with E-state index in [2.05, 4.69) is 61.1 Å². The lowest BCUT2D eigenvalue weighted by Crippen LogP contribution is -2.25. The highest BCUT2D eigenvalue weighted by molar-refractivity contribution is 14.1. The van der Waals surface area contributed by atoms with E-state index in [1.165, 1.54) is 0 Å². The second-order valence-electron chi connectivity index (χ2n) is 2.39. The molecule has 14 heavy (non-hydrogen) atoms. The third kappa shape index (κ3) is 3.40. The highest BCUT2D eigenvalue weighted by Gasteiger charge is 2.00. The first-order chi connectivity index (χ1) is 7.15. The fourth-order valence-corrected chi connectivity index (χ4v) is 2.59. The lowest BCUT2D eigenvalue weighted by atomic mass is 10.2. The number of halogens is 2. The minimum absolute atomic E-state index is 0.0350. The molecule has 6 heteroatoms. The van der Waals surface area contributed by atoms with Crippen molar-refractivity contribution in [2.45, 2.75) is 0 Å². The summed E-state index contributed by atoms with van der Waals surface area (Å²) >= 11 is 4.46. The molecule has 0 saturated heterocycles. The molecule has 0 spiro atoms. The van der Waals surface area contributed by atoms with Crippen molar-refractivity contribution in [2.24, 2.45) is 10.8 Å². The normalized spacial score (nSPS) is 13.0. The number of hydrazone groups is 1. The second-order valence-corrected chi connectivity index (χ2v) is 4.71. The van der Waals surface area contributed by atoms with Crippen LogP contribution in [0.3, 0.4) is 0 Å².